The van der Waals surface area contributed by atoms with E-state index in [9.17, 15) is 0 Å². The molecule has 0 fully saturated rings. The first-order chi connectivity index (χ1) is 11.9. The maximum absolute atomic E-state index is 2.48. The predicted octanol–water partition coefficient (Wildman–Crippen LogP) is 6.35. The summed E-state index contributed by atoms with van der Waals surface area (Å²) in [5.41, 5.74) is 15.5. The van der Waals surface area contributed by atoms with Gasteiger partial charge in [-0.3, -0.25) is 0 Å². The Balaban J connectivity index is 1.78. The third kappa shape index (κ3) is 2.73. The molecule has 2 aliphatic carbocycles. The van der Waals surface area contributed by atoms with E-state index in [0.717, 1.165) is 5.46 Å². The van der Waals surface area contributed by atoms with E-state index in [0.29, 0.717) is 0 Å². The van der Waals surface area contributed by atoms with Crippen LogP contribution in [-0.2, 0) is 29.2 Å². The molecule has 0 saturated carbocycles. The molecule has 2 atom stereocenters. The van der Waals surface area contributed by atoms with Gasteiger partial charge in [-0.2, -0.15) is 0 Å². The molecule has 25 heavy (non-hydrogen) atoms. The van der Waals surface area contributed by atoms with Crippen LogP contribution >= 0.6 is 0 Å². The summed E-state index contributed by atoms with van der Waals surface area (Å²) in [6, 6.07) is 9.25. The summed E-state index contributed by atoms with van der Waals surface area (Å²) in [5, 5.41) is 0. The Bertz CT molecular complexity index is 866. The number of aryl methyl sites for hydroxylation is 4. The minimum atomic E-state index is -1.15. The Kier molecular flexibility index (Phi) is 4.41. The number of allylic oxidation sites excluding steroid dienone is 2. The van der Waals surface area contributed by atoms with Gasteiger partial charge in [-0.1, -0.05) is 0 Å². The van der Waals surface area contributed by atoms with Gasteiger partial charge in [0.2, 0.25) is 0 Å². The molecular formula is C24H27Y. The van der Waals surface area contributed by atoms with Gasteiger partial charge in [0.1, 0.15) is 0 Å². The van der Waals surface area contributed by atoms with Crippen molar-refractivity contribution in [2.24, 2.45) is 0 Å². The van der Waals surface area contributed by atoms with E-state index < -0.39 is 29.2 Å². The van der Waals surface area contributed by atoms with Crippen molar-refractivity contribution in [3.63, 3.8) is 0 Å². The fraction of sp³-hybridized carbons (Fsp3) is 0.333. The molecule has 2 unspecified atom stereocenters. The third-order valence-corrected chi connectivity index (χ3v) is 13.9. The van der Waals surface area contributed by atoms with E-state index in [1.165, 1.54) is 33.4 Å². The van der Waals surface area contributed by atoms with Gasteiger partial charge in [-0.25, -0.2) is 0 Å². The first-order valence-electron chi connectivity index (χ1n) is 9.45. The fourth-order valence-electron chi connectivity index (χ4n) is 4.97. The summed E-state index contributed by atoms with van der Waals surface area (Å²) in [6.45, 7) is 13.9. The average Bonchev–Trinajstić information content (AvgIpc) is 3.08. The number of rotatable bonds is 2. The first-order valence-corrected chi connectivity index (χ1v) is 13.5. The number of hydrogen-bond acceptors (Lipinski definition) is 0. The van der Waals surface area contributed by atoms with E-state index in [1.807, 2.05) is 0 Å². The summed E-state index contributed by atoms with van der Waals surface area (Å²) < 4.78 is 1.52. The zero-order valence-electron chi connectivity index (χ0n) is 16.3. The van der Waals surface area contributed by atoms with Gasteiger partial charge in [0.25, 0.3) is 0 Å². The molecular weight excluding hydrogens is 377 g/mol. The van der Waals surface area contributed by atoms with Gasteiger partial charge in [0.15, 0.2) is 0 Å². The van der Waals surface area contributed by atoms with E-state index in [2.05, 4.69) is 78.0 Å². The topological polar surface area (TPSA) is 0 Å². The summed E-state index contributed by atoms with van der Waals surface area (Å²) in [4.78, 5) is 0. The van der Waals surface area contributed by atoms with Crippen molar-refractivity contribution in [1.29, 1.82) is 0 Å². The summed E-state index contributed by atoms with van der Waals surface area (Å²) in [7, 11) is 0. The van der Waals surface area contributed by atoms with Gasteiger partial charge in [-0.05, 0) is 0 Å². The van der Waals surface area contributed by atoms with Gasteiger partial charge >= 0.3 is 168 Å². The van der Waals surface area contributed by atoms with Crippen molar-refractivity contribution in [3.8, 4) is 0 Å². The van der Waals surface area contributed by atoms with E-state index >= 15 is 0 Å². The summed E-state index contributed by atoms with van der Waals surface area (Å²) >= 11 is -1.15. The molecule has 0 spiro atoms. The van der Waals surface area contributed by atoms with E-state index in [4.69, 9.17) is 0 Å². The van der Waals surface area contributed by atoms with Crippen LogP contribution in [-0.4, -0.2) is 0 Å². The quantitative estimate of drug-likeness (QED) is 0.547. The van der Waals surface area contributed by atoms with Crippen molar-refractivity contribution >= 4 is 12.2 Å². The van der Waals surface area contributed by atoms with Gasteiger partial charge in [0.05, 0.1) is 0 Å². The van der Waals surface area contributed by atoms with E-state index in [1.54, 1.807) is 22.3 Å². The zero-order chi connectivity index (χ0) is 17.9. The number of benzene rings is 2. The van der Waals surface area contributed by atoms with Crippen LogP contribution in [0.3, 0.4) is 0 Å². The van der Waals surface area contributed by atoms with Crippen LogP contribution < -0.4 is 0 Å². The zero-order valence-corrected chi connectivity index (χ0v) is 19.8. The second-order valence-corrected chi connectivity index (χ2v) is 13.3. The van der Waals surface area contributed by atoms with Crippen LogP contribution in [0.2, 0.25) is 0 Å². The molecule has 0 aromatic heterocycles. The predicted molar refractivity (Wildman–Crippen MR) is 106 cm³/mol. The normalized spacial score (nSPS) is 20.9. The molecule has 0 heterocycles. The molecule has 0 aliphatic heterocycles. The van der Waals surface area contributed by atoms with E-state index in [-0.39, 0.29) is 0 Å². The van der Waals surface area contributed by atoms with Crippen LogP contribution in [0, 0.1) is 27.7 Å². The molecule has 0 bridgehead atoms. The van der Waals surface area contributed by atoms with Gasteiger partial charge < -0.3 is 0 Å². The molecule has 4 rings (SSSR count). The monoisotopic (exact) mass is 404 g/mol. The molecule has 2 aliphatic rings. The van der Waals surface area contributed by atoms with Crippen molar-refractivity contribution in [2.75, 3.05) is 0 Å². The van der Waals surface area contributed by atoms with Crippen LogP contribution in [0.1, 0.15) is 63.8 Å². The Morgan fingerprint density at radius 3 is 1.32 bits per heavy atom. The molecule has 0 radical (unpaired) electrons. The van der Waals surface area contributed by atoms with Crippen LogP contribution in [0.5, 0.6) is 0 Å². The van der Waals surface area contributed by atoms with Gasteiger partial charge in [-0.15, -0.1) is 0 Å². The molecule has 2 aromatic carbocycles. The van der Waals surface area contributed by atoms with Crippen molar-refractivity contribution in [2.45, 2.75) is 47.0 Å². The molecule has 0 N–H and O–H groups in total. The Hall–Kier alpha value is -0.976. The standard InChI is InChI=1S/2C12H13.Y.H/c2*1-8-6-11-9(2)4-5-10(3)12(11)7-8;;/h2*4-7H,1-3H3;;. The molecule has 2 aromatic rings. The Morgan fingerprint density at radius 1 is 0.560 bits per heavy atom. The Morgan fingerprint density at radius 2 is 0.920 bits per heavy atom. The summed E-state index contributed by atoms with van der Waals surface area (Å²) in [5.74, 6) is 0. The van der Waals surface area contributed by atoms with Gasteiger partial charge in [0, 0.05) is 0 Å². The number of hydrogen-bond donors (Lipinski definition) is 0. The molecule has 0 amide bonds. The summed E-state index contributed by atoms with van der Waals surface area (Å²) in [6.07, 6.45) is 4.97. The maximum atomic E-state index is 2.48. The fourth-order valence-corrected chi connectivity index (χ4v) is 12.4. The van der Waals surface area contributed by atoms with Crippen molar-refractivity contribution in [3.05, 3.63) is 79.9 Å². The second-order valence-electron chi connectivity index (χ2n) is 8.17. The second kappa shape index (κ2) is 6.32. The van der Waals surface area contributed by atoms with Crippen molar-refractivity contribution in [1.82, 2.24) is 0 Å². The minimum absolute atomic E-state index is 0.760. The molecule has 0 nitrogen and oxygen atoms in total. The van der Waals surface area contributed by atoms with Crippen LogP contribution in [0.4, 0.5) is 0 Å². The average molecular weight is 404 g/mol. The molecule has 1 heteroatoms. The number of fused-ring (bicyclic) bond motifs is 2. The van der Waals surface area contributed by atoms with Crippen LogP contribution in [0.25, 0.3) is 12.2 Å². The molecule has 0 saturated heterocycles. The first kappa shape index (κ1) is 17.4. The third-order valence-electron chi connectivity index (χ3n) is 6.46. The Labute approximate surface area is 167 Å². The van der Waals surface area contributed by atoms with Crippen molar-refractivity contribution < 1.29 is 29.2 Å². The SMILES string of the molecule is CC1=Cc2c(C)ccc(C)c2[CH]1[YH][CH]1C(C)=Cc2c(C)ccc(C)c21. The van der Waals surface area contributed by atoms with Crippen LogP contribution in [0.15, 0.2) is 35.4 Å². The molecule has 126 valence electrons.